The first-order valence-electron chi connectivity index (χ1n) is 11.1. The summed E-state index contributed by atoms with van der Waals surface area (Å²) in [7, 11) is 0. The molecular weight excluding hydrogens is 444 g/mol. The summed E-state index contributed by atoms with van der Waals surface area (Å²) >= 11 is 0. The van der Waals surface area contributed by atoms with Crippen LogP contribution in [0.2, 0.25) is 0 Å². The molecule has 0 aromatic heterocycles. The summed E-state index contributed by atoms with van der Waals surface area (Å²) in [5.41, 5.74) is 6.37. The highest BCUT2D eigenvalue weighted by Crippen LogP contribution is 2.08. The standard InChI is InChI=1S/C23H36N4O7/c1-12(2)10-17(23(33)34)26-22(32)19(14(4)29)27-20(30)16(11-15-8-6-5-7-9-15)25-21(31)18(24)13(3)28/h5-9,12-14,16-19,28-29H,10-11,24H2,1-4H3,(H,25,31)(H,26,32)(H,27,30)(H,33,34). The predicted molar refractivity (Wildman–Crippen MR) is 124 cm³/mol. The van der Waals surface area contributed by atoms with Gasteiger partial charge in [-0.25, -0.2) is 4.79 Å². The Morgan fingerprint density at radius 2 is 1.38 bits per heavy atom. The van der Waals surface area contributed by atoms with Crippen LogP contribution in [0.25, 0.3) is 0 Å². The molecule has 11 nitrogen and oxygen atoms in total. The molecule has 3 amide bonds. The first kappa shape index (κ1) is 29.0. The van der Waals surface area contributed by atoms with Gasteiger partial charge in [0.15, 0.2) is 0 Å². The van der Waals surface area contributed by atoms with Gasteiger partial charge in [-0.3, -0.25) is 14.4 Å². The molecule has 34 heavy (non-hydrogen) atoms. The molecule has 0 aliphatic rings. The molecular formula is C23H36N4O7. The largest absolute Gasteiger partial charge is 0.480 e. The number of aliphatic hydroxyl groups excluding tert-OH is 2. The second-order valence-electron chi connectivity index (χ2n) is 8.77. The molecule has 0 fully saturated rings. The molecule has 8 N–H and O–H groups in total. The summed E-state index contributed by atoms with van der Waals surface area (Å²) in [6.45, 7) is 6.20. The summed E-state index contributed by atoms with van der Waals surface area (Å²) in [5, 5.41) is 36.3. The Hall–Kier alpha value is -3.02. The van der Waals surface area contributed by atoms with Gasteiger partial charge in [-0.05, 0) is 31.7 Å². The van der Waals surface area contributed by atoms with E-state index in [0.29, 0.717) is 5.56 Å². The fraction of sp³-hybridized carbons (Fsp3) is 0.565. The highest BCUT2D eigenvalue weighted by Gasteiger charge is 2.33. The number of aliphatic hydroxyl groups is 2. The highest BCUT2D eigenvalue weighted by molar-refractivity contribution is 5.94. The zero-order valence-corrected chi connectivity index (χ0v) is 19.9. The monoisotopic (exact) mass is 480 g/mol. The van der Waals surface area contributed by atoms with Gasteiger partial charge in [-0.15, -0.1) is 0 Å². The molecule has 6 unspecified atom stereocenters. The Labute approximate surface area is 199 Å². The van der Waals surface area contributed by atoms with Crippen LogP contribution >= 0.6 is 0 Å². The first-order chi connectivity index (χ1) is 15.8. The fourth-order valence-electron chi connectivity index (χ4n) is 3.16. The molecule has 0 bridgehead atoms. The van der Waals surface area contributed by atoms with Crippen LogP contribution in [-0.2, 0) is 25.6 Å². The number of nitrogens with one attached hydrogen (secondary N) is 3. The van der Waals surface area contributed by atoms with Gasteiger partial charge in [0, 0.05) is 6.42 Å². The second kappa shape index (κ2) is 13.6. The Bertz CT molecular complexity index is 830. The molecule has 6 atom stereocenters. The Morgan fingerprint density at radius 3 is 1.85 bits per heavy atom. The van der Waals surface area contributed by atoms with Crippen LogP contribution in [0.5, 0.6) is 0 Å². The molecule has 0 aliphatic carbocycles. The lowest BCUT2D eigenvalue weighted by atomic mass is 10.0. The lowest BCUT2D eigenvalue weighted by molar-refractivity contribution is -0.143. The van der Waals surface area contributed by atoms with Gasteiger partial charge in [0.25, 0.3) is 0 Å². The SMILES string of the molecule is CC(C)CC(NC(=O)C(NC(=O)C(Cc1ccccc1)NC(=O)C(N)C(C)O)C(C)O)C(=O)O. The Morgan fingerprint density at radius 1 is 0.824 bits per heavy atom. The molecule has 1 rings (SSSR count). The van der Waals surface area contributed by atoms with Crippen LogP contribution in [0.4, 0.5) is 0 Å². The minimum atomic E-state index is -1.47. The summed E-state index contributed by atoms with van der Waals surface area (Å²) in [5.74, 6) is -3.69. The van der Waals surface area contributed by atoms with Crippen LogP contribution in [-0.4, -0.2) is 75.4 Å². The summed E-state index contributed by atoms with van der Waals surface area (Å²) in [4.78, 5) is 49.7. The van der Waals surface area contributed by atoms with Crippen LogP contribution in [0, 0.1) is 5.92 Å². The quantitative estimate of drug-likeness (QED) is 0.185. The number of carboxylic acid groups (broad SMARTS) is 1. The minimum absolute atomic E-state index is 0.0235. The third kappa shape index (κ3) is 9.46. The van der Waals surface area contributed by atoms with E-state index < -0.39 is 60.1 Å². The molecule has 0 radical (unpaired) electrons. The summed E-state index contributed by atoms with van der Waals surface area (Å²) in [6.07, 6.45) is -2.31. The van der Waals surface area contributed by atoms with Gasteiger partial charge in [0.2, 0.25) is 17.7 Å². The topological polar surface area (TPSA) is 191 Å². The third-order valence-electron chi connectivity index (χ3n) is 5.12. The van der Waals surface area contributed by atoms with E-state index in [1.54, 1.807) is 44.2 Å². The smallest absolute Gasteiger partial charge is 0.326 e. The number of carbonyl (C=O) groups is 4. The van der Waals surface area contributed by atoms with E-state index in [9.17, 15) is 34.5 Å². The maximum Gasteiger partial charge on any atom is 0.326 e. The van der Waals surface area contributed by atoms with Crippen molar-refractivity contribution >= 4 is 23.7 Å². The number of carboxylic acids is 1. The van der Waals surface area contributed by atoms with E-state index >= 15 is 0 Å². The van der Waals surface area contributed by atoms with E-state index in [2.05, 4.69) is 16.0 Å². The van der Waals surface area contributed by atoms with Crippen molar-refractivity contribution in [2.24, 2.45) is 11.7 Å². The van der Waals surface area contributed by atoms with Crippen LogP contribution in [0.1, 0.15) is 39.7 Å². The molecule has 0 spiro atoms. The predicted octanol–water partition coefficient (Wildman–Crippen LogP) is -1.10. The van der Waals surface area contributed by atoms with E-state index in [1.807, 2.05) is 0 Å². The highest BCUT2D eigenvalue weighted by atomic mass is 16.4. The van der Waals surface area contributed by atoms with Crippen molar-refractivity contribution in [2.75, 3.05) is 0 Å². The number of benzene rings is 1. The van der Waals surface area contributed by atoms with E-state index in [-0.39, 0.29) is 18.8 Å². The number of aliphatic carboxylic acids is 1. The van der Waals surface area contributed by atoms with Gasteiger partial charge in [-0.1, -0.05) is 44.2 Å². The van der Waals surface area contributed by atoms with Crippen LogP contribution in [0.3, 0.4) is 0 Å². The van der Waals surface area contributed by atoms with E-state index in [0.717, 1.165) is 0 Å². The van der Waals surface area contributed by atoms with Gasteiger partial charge in [-0.2, -0.15) is 0 Å². The minimum Gasteiger partial charge on any atom is -0.480 e. The van der Waals surface area contributed by atoms with E-state index in [4.69, 9.17) is 5.73 Å². The molecule has 0 saturated carbocycles. The molecule has 11 heteroatoms. The molecule has 0 aliphatic heterocycles. The number of rotatable bonds is 13. The van der Waals surface area contributed by atoms with Crippen molar-refractivity contribution in [2.45, 2.75) is 76.9 Å². The number of carbonyl (C=O) groups excluding carboxylic acids is 3. The van der Waals surface area contributed by atoms with Crippen molar-refractivity contribution in [1.29, 1.82) is 0 Å². The zero-order chi connectivity index (χ0) is 26.0. The number of amides is 3. The van der Waals surface area contributed by atoms with Crippen molar-refractivity contribution < 1.29 is 34.5 Å². The van der Waals surface area contributed by atoms with Crippen molar-refractivity contribution in [3.63, 3.8) is 0 Å². The number of nitrogens with two attached hydrogens (primary N) is 1. The lowest BCUT2D eigenvalue weighted by Crippen LogP contribution is -2.60. The van der Waals surface area contributed by atoms with Crippen molar-refractivity contribution in [3.05, 3.63) is 35.9 Å². The van der Waals surface area contributed by atoms with Crippen LogP contribution < -0.4 is 21.7 Å². The third-order valence-corrected chi connectivity index (χ3v) is 5.12. The Balaban J connectivity index is 3.07. The van der Waals surface area contributed by atoms with Gasteiger partial charge < -0.3 is 37.0 Å². The maximum absolute atomic E-state index is 13.1. The first-order valence-corrected chi connectivity index (χ1v) is 11.1. The van der Waals surface area contributed by atoms with Crippen LogP contribution in [0.15, 0.2) is 30.3 Å². The maximum atomic E-state index is 13.1. The molecule has 1 aromatic rings. The number of hydrogen-bond donors (Lipinski definition) is 7. The Kier molecular flexibility index (Phi) is 11.6. The van der Waals surface area contributed by atoms with Gasteiger partial charge in [0.05, 0.1) is 12.2 Å². The molecule has 1 aromatic carbocycles. The second-order valence-corrected chi connectivity index (χ2v) is 8.77. The van der Waals surface area contributed by atoms with Gasteiger partial charge >= 0.3 is 5.97 Å². The summed E-state index contributed by atoms with van der Waals surface area (Å²) in [6, 6.07) is 3.63. The fourth-order valence-corrected chi connectivity index (χ4v) is 3.16. The van der Waals surface area contributed by atoms with E-state index in [1.165, 1.54) is 13.8 Å². The average Bonchev–Trinajstić information content (AvgIpc) is 2.75. The van der Waals surface area contributed by atoms with Crippen molar-refractivity contribution in [1.82, 2.24) is 16.0 Å². The number of hydrogen-bond acceptors (Lipinski definition) is 7. The van der Waals surface area contributed by atoms with Crippen molar-refractivity contribution in [3.8, 4) is 0 Å². The molecule has 190 valence electrons. The molecule has 0 saturated heterocycles. The average molecular weight is 481 g/mol. The zero-order valence-electron chi connectivity index (χ0n) is 19.9. The molecule has 0 heterocycles. The van der Waals surface area contributed by atoms with Gasteiger partial charge in [0.1, 0.15) is 24.2 Å². The lowest BCUT2D eigenvalue weighted by Gasteiger charge is -2.27. The normalized spacial score (nSPS) is 16.5. The summed E-state index contributed by atoms with van der Waals surface area (Å²) < 4.78 is 0.